The van der Waals surface area contributed by atoms with Crippen molar-refractivity contribution >= 4 is 5.91 Å². The van der Waals surface area contributed by atoms with Crippen LogP contribution >= 0.6 is 0 Å². The zero-order valence-corrected chi connectivity index (χ0v) is 10.0. The highest BCUT2D eigenvalue weighted by atomic mass is 16.5. The number of hydrogen-bond donors (Lipinski definition) is 1. The fourth-order valence-electron chi connectivity index (χ4n) is 2.66. The van der Waals surface area contributed by atoms with Crippen molar-refractivity contribution in [2.45, 2.75) is 44.2 Å². The van der Waals surface area contributed by atoms with Gasteiger partial charge < -0.3 is 15.4 Å². The average Bonchev–Trinajstić information content (AvgIpc) is 2.81. The maximum Gasteiger partial charge on any atom is 0.225 e. The van der Waals surface area contributed by atoms with Crippen LogP contribution in [-0.2, 0) is 9.53 Å². The molecule has 4 nitrogen and oxygen atoms in total. The number of ether oxygens (including phenoxy) is 1. The van der Waals surface area contributed by atoms with Crippen LogP contribution in [0.2, 0.25) is 0 Å². The normalized spacial score (nSPS) is 35.0. The molecule has 1 atom stereocenters. The maximum atomic E-state index is 12.2. The molecule has 1 unspecified atom stereocenters. The molecule has 4 heteroatoms. The molecule has 0 radical (unpaired) electrons. The summed E-state index contributed by atoms with van der Waals surface area (Å²) in [5, 5.41) is 0. The van der Waals surface area contributed by atoms with Gasteiger partial charge in [-0.25, -0.2) is 0 Å². The van der Waals surface area contributed by atoms with Crippen molar-refractivity contribution in [1.82, 2.24) is 4.90 Å². The summed E-state index contributed by atoms with van der Waals surface area (Å²) in [6.07, 6.45) is 4.88. The van der Waals surface area contributed by atoms with Crippen molar-refractivity contribution in [2.75, 3.05) is 20.3 Å². The van der Waals surface area contributed by atoms with Crippen LogP contribution in [0.15, 0.2) is 0 Å². The van der Waals surface area contributed by atoms with E-state index in [4.69, 9.17) is 10.5 Å². The van der Waals surface area contributed by atoms with Crippen LogP contribution in [0.5, 0.6) is 0 Å². The summed E-state index contributed by atoms with van der Waals surface area (Å²) in [5.41, 5.74) is 5.85. The number of hydrogen-bond acceptors (Lipinski definition) is 3. The van der Waals surface area contributed by atoms with Gasteiger partial charge in [-0.15, -0.1) is 0 Å². The highest BCUT2D eigenvalue weighted by Crippen LogP contribution is 2.26. The van der Waals surface area contributed by atoms with Gasteiger partial charge in [0.25, 0.3) is 0 Å². The molecule has 2 fully saturated rings. The Bertz CT molecular complexity index is 243. The van der Waals surface area contributed by atoms with Crippen LogP contribution in [0.3, 0.4) is 0 Å². The van der Waals surface area contributed by atoms with Gasteiger partial charge in [0.2, 0.25) is 5.91 Å². The first-order valence-corrected chi connectivity index (χ1v) is 6.28. The van der Waals surface area contributed by atoms with Gasteiger partial charge in [-0.1, -0.05) is 0 Å². The fraction of sp³-hybridized carbons (Fsp3) is 0.917. The van der Waals surface area contributed by atoms with E-state index in [0.29, 0.717) is 24.6 Å². The van der Waals surface area contributed by atoms with Gasteiger partial charge in [0.05, 0.1) is 12.6 Å². The number of nitrogens with zero attached hydrogens (tertiary/aromatic N) is 1. The minimum Gasteiger partial charge on any atom is -0.379 e. The molecule has 2 aliphatic rings. The van der Waals surface area contributed by atoms with E-state index >= 15 is 0 Å². The molecule has 16 heavy (non-hydrogen) atoms. The number of likely N-dealkylation sites (N-methyl/N-ethyl adjacent to an activating group) is 1. The van der Waals surface area contributed by atoms with E-state index in [1.54, 1.807) is 0 Å². The van der Waals surface area contributed by atoms with Gasteiger partial charge >= 0.3 is 0 Å². The third kappa shape index (κ3) is 2.55. The number of nitrogens with two attached hydrogens (primary N) is 1. The lowest BCUT2D eigenvalue weighted by Crippen LogP contribution is -2.43. The van der Waals surface area contributed by atoms with Gasteiger partial charge in [0.1, 0.15) is 0 Å². The van der Waals surface area contributed by atoms with Crippen LogP contribution in [0.25, 0.3) is 0 Å². The Morgan fingerprint density at radius 3 is 2.50 bits per heavy atom. The van der Waals surface area contributed by atoms with Crippen LogP contribution in [-0.4, -0.2) is 43.2 Å². The van der Waals surface area contributed by atoms with E-state index in [1.807, 2.05) is 11.9 Å². The predicted octanol–water partition coefficient (Wildman–Crippen LogP) is 0.751. The first-order chi connectivity index (χ1) is 7.68. The van der Waals surface area contributed by atoms with Gasteiger partial charge in [0, 0.05) is 25.6 Å². The van der Waals surface area contributed by atoms with Crippen LogP contribution in [0.4, 0.5) is 0 Å². The second-order valence-corrected chi connectivity index (χ2v) is 5.08. The molecule has 1 heterocycles. The Kier molecular flexibility index (Phi) is 3.82. The first-order valence-electron chi connectivity index (χ1n) is 6.28. The largest absolute Gasteiger partial charge is 0.379 e. The smallest absolute Gasteiger partial charge is 0.225 e. The van der Waals surface area contributed by atoms with Gasteiger partial charge in [-0.2, -0.15) is 0 Å². The van der Waals surface area contributed by atoms with E-state index in [2.05, 4.69) is 0 Å². The Hall–Kier alpha value is -0.610. The van der Waals surface area contributed by atoms with Gasteiger partial charge in [-0.3, -0.25) is 4.79 Å². The quantitative estimate of drug-likeness (QED) is 0.756. The lowest BCUT2D eigenvalue weighted by Gasteiger charge is -2.31. The summed E-state index contributed by atoms with van der Waals surface area (Å²) in [5.74, 6) is 0.493. The number of carbonyl (C=O) groups is 1. The molecule has 1 saturated heterocycles. The summed E-state index contributed by atoms with van der Waals surface area (Å²) >= 11 is 0. The molecule has 0 spiro atoms. The number of amides is 1. The molecule has 0 bridgehead atoms. The molecule has 2 N–H and O–H groups in total. The monoisotopic (exact) mass is 226 g/mol. The molecular weight excluding hydrogens is 204 g/mol. The van der Waals surface area contributed by atoms with Crippen molar-refractivity contribution in [3.63, 3.8) is 0 Å². The van der Waals surface area contributed by atoms with Crippen molar-refractivity contribution in [3.05, 3.63) is 0 Å². The molecular formula is C12H22N2O2. The Labute approximate surface area is 97.1 Å². The molecule has 1 aliphatic carbocycles. The molecule has 1 amide bonds. The number of carbonyl (C=O) groups excluding carboxylic acids is 1. The molecule has 0 aromatic rings. The standard InChI is InChI=1S/C12H22N2O2/c1-14(11-6-7-16-8-11)12(15)9-2-4-10(13)5-3-9/h9-11H,2-8,13H2,1H3. The van der Waals surface area contributed by atoms with Crippen LogP contribution < -0.4 is 5.73 Å². The average molecular weight is 226 g/mol. The molecule has 0 aromatic heterocycles. The zero-order chi connectivity index (χ0) is 11.5. The second-order valence-electron chi connectivity index (χ2n) is 5.08. The van der Waals surface area contributed by atoms with E-state index in [-0.39, 0.29) is 5.92 Å². The molecule has 0 aromatic carbocycles. The fourth-order valence-corrected chi connectivity index (χ4v) is 2.66. The topological polar surface area (TPSA) is 55.6 Å². The minimum atomic E-state index is 0.199. The lowest BCUT2D eigenvalue weighted by molar-refractivity contribution is -0.137. The summed E-state index contributed by atoms with van der Waals surface area (Å²) in [4.78, 5) is 14.1. The van der Waals surface area contributed by atoms with Crippen molar-refractivity contribution in [3.8, 4) is 0 Å². The van der Waals surface area contributed by atoms with Gasteiger partial charge in [-0.05, 0) is 32.1 Å². The minimum absolute atomic E-state index is 0.199. The van der Waals surface area contributed by atoms with Gasteiger partial charge in [0.15, 0.2) is 0 Å². The summed E-state index contributed by atoms with van der Waals surface area (Å²) < 4.78 is 5.32. The molecule has 1 aliphatic heterocycles. The van der Waals surface area contributed by atoms with E-state index < -0.39 is 0 Å². The first kappa shape index (κ1) is 11.9. The molecule has 1 saturated carbocycles. The van der Waals surface area contributed by atoms with Crippen molar-refractivity contribution in [1.29, 1.82) is 0 Å². The summed E-state index contributed by atoms with van der Waals surface area (Å²) in [7, 11) is 1.91. The summed E-state index contributed by atoms with van der Waals surface area (Å²) in [6, 6.07) is 0.604. The van der Waals surface area contributed by atoms with Crippen LogP contribution in [0.1, 0.15) is 32.1 Å². The maximum absolute atomic E-state index is 12.2. The Morgan fingerprint density at radius 2 is 1.94 bits per heavy atom. The second kappa shape index (κ2) is 5.15. The van der Waals surface area contributed by atoms with E-state index in [9.17, 15) is 4.79 Å². The Balaban J connectivity index is 1.86. The predicted molar refractivity (Wildman–Crippen MR) is 61.9 cm³/mol. The highest BCUT2D eigenvalue weighted by Gasteiger charge is 2.31. The summed E-state index contributed by atoms with van der Waals surface area (Å²) in [6.45, 7) is 1.49. The molecule has 2 rings (SSSR count). The Morgan fingerprint density at radius 1 is 1.25 bits per heavy atom. The lowest BCUT2D eigenvalue weighted by atomic mass is 9.85. The SMILES string of the molecule is CN(C(=O)C1CCC(N)CC1)C1CCOC1. The van der Waals surface area contributed by atoms with Crippen molar-refractivity contribution < 1.29 is 9.53 Å². The third-order valence-corrected chi connectivity index (χ3v) is 3.92. The highest BCUT2D eigenvalue weighted by molar-refractivity contribution is 5.79. The molecule has 92 valence electrons. The third-order valence-electron chi connectivity index (χ3n) is 3.92. The van der Waals surface area contributed by atoms with E-state index in [0.717, 1.165) is 38.7 Å². The number of rotatable bonds is 2. The zero-order valence-electron chi connectivity index (χ0n) is 10.0. The van der Waals surface area contributed by atoms with Crippen molar-refractivity contribution in [2.24, 2.45) is 11.7 Å². The van der Waals surface area contributed by atoms with E-state index in [1.165, 1.54) is 0 Å². The van der Waals surface area contributed by atoms with Crippen LogP contribution in [0, 0.1) is 5.92 Å².